The zero-order valence-corrected chi connectivity index (χ0v) is 16.3. The highest BCUT2D eigenvalue weighted by atomic mass is 16.2. The van der Waals surface area contributed by atoms with E-state index in [1.54, 1.807) is 10.9 Å². The molecule has 3 heterocycles. The normalized spacial score (nSPS) is 21.6. The first-order valence-corrected chi connectivity index (χ1v) is 9.70. The zero-order chi connectivity index (χ0) is 19.1. The Balaban J connectivity index is 1.50. The quantitative estimate of drug-likeness (QED) is 0.817. The molecule has 1 aromatic heterocycles. The maximum atomic E-state index is 12.6. The number of likely N-dealkylation sites (N-methyl/N-ethyl adjacent to an activating group) is 1. The summed E-state index contributed by atoms with van der Waals surface area (Å²) < 4.78 is 1.66. The molecule has 0 radical (unpaired) electrons. The van der Waals surface area contributed by atoms with Crippen LogP contribution in [0.5, 0.6) is 0 Å². The van der Waals surface area contributed by atoms with Crippen LogP contribution in [0, 0.1) is 0 Å². The second kappa shape index (κ2) is 6.96. The van der Waals surface area contributed by atoms with E-state index < -0.39 is 0 Å². The fourth-order valence-electron chi connectivity index (χ4n) is 4.12. The minimum Gasteiger partial charge on any atom is -0.369 e. The highest BCUT2D eigenvalue weighted by Gasteiger charge is 2.35. The van der Waals surface area contributed by atoms with E-state index in [0.717, 1.165) is 50.3 Å². The molecule has 2 saturated heterocycles. The molecule has 7 nitrogen and oxygen atoms in total. The van der Waals surface area contributed by atoms with Gasteiger partial charge in [-0.05, 0) is 38.5 Å². The highest BCUT2D eigenvalue weighted by molar-refractivity contribution is 5.84. The Morgan fingerprint density at radius 1 is 1.07 bits per heavy atom. The second-order valence-corrected chi connectivity index (χ2v) is 7.84. The Bertz CT molecular complexity index is 914. The molecule has 7 heteroatoms. The largest absolute Gasteiger partial charge is 0.369 e. The Morgan fingerprint density at radius 2 is 1.81 bits per heavy atom. The van der Waals surface area contributed by atoms with E-state index in [1.165, 1.54) is 0 Å². The zero-order valence-electron chi connectivity index (χ0n) is 16.3. The van der Waals surface area contributed by atoms with E-state index in [-0.39, 0.29) is 23.6 Å². The fourth-order valence-corrected chi connectivity index (χ4v) is 4.12. The van der Waals surface area contributed by atoms with Gasteiger partial charge in [-0.2, -0.15) is 0 Å². The maximum Gasteiger partial charge on any atom is 0.261 e. The van der Waals surface area contributed by atoms with Crippen LogP contribution in [0.3, 0.4) is 0 Å². The van der Waals surface area contributed by atoms with Gasteiger partial charge in [0, 0.05) is 51.5 Å². The van der Waals surface area contributed by atoms with Crippen LogP contribution in [-0.4, -0.2) is 71.1 Å². The van der Waals surface area contributed by atoms with Gasteiger partial charge in [0.05, 0.1) is 23.3 Å². The number of nitrogens with zero attached hydrogens (tertiary/aromatic N) is 5. The summed E-state index contributed by atoms with van der Waals surface area (Å²) in [5, 5.41) is 0.660. The third-order valence-electron chi connectivity index (χ3n) is 5.84. The van der Waals surface area contributed by atoms with Crippen molar-refractivity contribution in [1.29, 1.82) is 0 Å². The smallest absolute Gasteiger partial charge is 0.261 e. The summed E-state index contributed by atoms with van der Waals surface area (Å²) >= 11 is 0. The lowest BCUT2D eigenvalue weighted by molar-refractivity contribution is -0.131. The van der Waals surface area contributed by atoms with Gasteiger partial charge in [-0.1, -0.05) is 0 Å². The number of fused-ring (bicyclic) bond motifs is 1. The van der Waals surface area contributed by atoms with Crippen molar-refractivity contribution in [2.24, 2.45) is 0 Å². The van der Waals surface area contributed by atoms with Gasteiger partial charge < -0.3 is 9.80 Å². The second-order valence-electron chi connectivity index (χ2n) is 7.84. The lowest BCUT2D eigenvalue weighted by Gasteiger charge is -2.38. The number of rotatable bonds is 3. The van der Waals surface area contributed by atoms with Gasteiger partial charge in [0.1, 0.15) is 0 Å². The molecule has 1 unspecified atom stereocenters. The molecule has 2 aliphatic rings. The van der Waals surface area contributed by atoms with Crippen LogP contribution in [0.2, 0.25) is 0 Å². The van der Waals surface area contributed by atoms with Gasteiger partial charge in [-0.15, -0.1) is 0 Å². The molecule has 2 aliphatic heterocycles. The third-order valence-corrected chi connectivity index (χ3v) is 5.84. The lowest BCUT2D eigenvalue weighted by Crippen LogP contribution is -2.52. The first-order valence-electron chi connectivity index (χ1n) is 9.70. The number of carbonyl (C=O) groups excluding carboxylic acids is 1. The monoisotopic (exact) mass is 369 g/mol. The van der Waals surface area contributed by atoms with Crippen molar-refractivity contribution in [2.45, 2.75) is 32.4 Å². The Kier molecular flexibility index (Phi) is 4.63. The van der Waals surface area contributed by atoms with Crippen LogP contribution in [0.15, 0.2) is 29.3 Å². The van der Waals surface area contributed by atoms with Crippen molar-refractivity contribution < 1.29 is 4.79 Å². The van der Waals surface area contributed by atoms with Crippen molar-refractivity contribution in [3.05, 3.63) is 34.9 Å². The number of hydrogen-bond donors (Lipinski definition) is 0. The molecule has 0 saturated carbocycles. The molecule has 0 aliphatic carbocycles. The fraction of sp³-hybridized carbons (Fsp3) is 0.550. The van der Waals surface area contributed by atoms with E-state index in [0.29, 0.717) is 5.39 Å². The van der Waals surface area contributed by atoms with E-state index in [2.05, 4.69) is 14.8 Å². The number of benzene rings is 1. The average Bonchev–Trinajstić information content (AvgIpc) is 3.00. The van der Waals surface area contributed by atoms with Crippen LogP contribution in [0.4, 0.5) is 5.69 Å². The van der Waals surface area contributed by atoms with E-state index >= 15 is 0 Å². The van der Waals surface area contributed by atoms with Gasteiger partial charge in [0.15, 0.2) is 0 Å². The van der Waals surface area contributed by atoms with E-state index in [9.17, 15) is 9.59 Å². The standard InChI is InChI=1S/C20H27N5O2/c1-14(2)25-13-21-17-12-15(4-5-16(17)19(25)26)23-8-10-24(11-9-23)18-6-7-22(3)20(18)27/h4-5,12-14,18H,6-11H2,1-3H3. The summed E-state index contributed by atoms with van der Waals surface area (Å²) in [6, 6.07) is 6.05. The van der Waals surface area contributed by atoms with Crippen LogP contribution in [-0.2, 0) is 4.79 Å². The van der Waals surface area contributed by atoms with Crippen molar-refractivity contribution in [3.63, 3.8) is 0 Å². The lowest BCUT2D eigenvalue weighted by atomic mass is 10.1. The number of piperazine rings is 1. The SMILES string of the molecule is CC(C)n1cnc2cc(N3CCN(C4CCN(C)C4=O)CC3)ccc2c1=O. The predicted octanol–water partition coefficient (Wildman–Crippen LogP) is 1.33. The predicted molar refractivity (Wildman–Crippen MR) is 106 cm³/mol. The summed E-state index contributed by atoms with van der Waals surface area (Å²) in [5.74, 6) is 0.250. The Morgan fingerprint density at radius 3 is 2.44 bits per heavy atom. The van der Waals surface area contributed by atoms with Gasteiger partial charge >= 0.3 is 0 Å². The van der Waals surface area contributed by atoms with Crippen molar-refractivity contribution in [3.8, 4) is 0 Å². The molecule has 0 bridgehead atoms. The molecule has 4 rings (SSSR count). The molecule has 2 fully saturated rings. The van der Waals surface area contributed by atoms with Crippen molar-refractivity contribution in [2.75, 3.05) is 44.7 Å². The van der Waals surface area contributed by atoms with Gasteiger partial charge in [0.25, 0.3) is 5.56 Å². The van der Waals surface area contributed by atoms with Gasteiger partial charge in [0.2, 0.25) is 5.91 Å². The van der Waals surface area contributed by atoms with Crippen LogP contribution >= 0.6 is 0 Å². The average molecular weight is 369 g/mol. The summed E-state index contributed by atoms with van der Waals surface area (Å²) in [6.45, 7) is 8.33. The van der Waals surface area contributed by atoms with Gasteiger partial charge in [-0.3, -0.25) is 19.1 Å². The van der Waals surface area contributed by atoms with Crippen LogP contribution < -0.4 is 10.5 Å². The topological polar surface area (TPSA) is 61.7 Å². The first kappa shape index (κ1) is 18.0. The molecule has 144 valence electrons. The van der Waals surface area contributed by atoms with Crippen LogP contribution in [0.25, 0.3) is 10.9 Å². The molecule has 27 heavy (non-hydrogen) atoms. The maximum absolute atomic E-state index is 12.6. The van der Waals surface area contributed by atoms with Crippen molar-refractivity contribution >= 4 is 22.5 Å². The summed E-state index contributed by atoms with van der Waals surface area (Å²) in [7, 11) is 1.88. The molecular formula is C20H27N5O2. The van der Waals surface area contributed by atoms with E-state index in [4.69, 9.17) is 0 Å². The Hall–Kier alpha value is -2.41. The number of anilines is 1. The number of aromatic nitrogens is 2. The van der Waals surface area contributed by atoms with Gasteiger partial charge in [-0.25, -0.2) is 4.98 Å². The minimum atomic E-state index is 0.00948. The number of amides is 1. The highest BCUT2D eigenvalue weighted by Crippen LogP contribution is 2.23. The summed E-state index contributed by atoms with van der Waals surface area (Å²) in [5.41, 5.74) is 1.84. The third kappa shape index (κ3) is 3.20. The van der Waals surface area contributed by atoms with E-state index in [1.807, 2.05) is 44.0 Å². The van der Waals surface area contributed by atoms with Crippen molar-refractivity contribution in [1.82, 2.24) is 19.4 Å². The minimum absolute atomic E-state index is 0.00948. The number of hydrogen-bond acceptors (Lipinski definition) is 5. The first-order chi connectivity index (χ1) is 13.0. The van der Waals surface area contributed by atoms with Crippen LogP contribution in [0.1, 0.15) is 26.3 Å². The molecular weight excluding hydrogens is 342 g/mol. The molecule has 0 spiro atoms. The molecule has 0 N–H and O–H groups in total. The number of carbonyl (C=O) groups is 1. The molecule has 1 amide bonds. The Labute approximate surface area is 159 Å². The summed E-state index contributed by atoms with van der Waals surface area (Å²) in [6.07, 6.45) is 2.57. The molecule has 1 aromatic carbocycles. The number of likely N-dealkylation sites (tertiary alicyclic amines) is 1. The molecule has 1 atom stereocenters. The summed E-state index contributed by atoms with van der Waals surface area (Å²) in [4.78, 5) is 35.8. The molecule has 2 aromatic rings.